The molecule has 2 N–H and O–H groups in total. The van der Waals surface area contributed by atoms with Gasteiger partial charge in [0.05, 0.1) is 6.20 Å². The van der Waals surface area contributed by atoms with Crippen molar-refractivity contribution in [1.82, 2.24) is 9.97 Å². The van der Waals surface area contributed by atoms with Crippen molar-refractivity contribution in [3.63, 3.8) is 0 Å². The van der Waals surface area contributed by atoms with Crippen LogP contribution in [0.1, 0.15) is 40.0 Å². The topological polar surface area (TPSA) is 61.0 Å². The van der Waals surface area contributed by atoms with Crippen LogP contribution < -0.4 is 10.5 Å². The van der Waals surface area contributed by atoms with E-state index in [2.05, 4.69) is 30.7 Å². The smallest absolute Gasteiger partial charge is 0.237 e. The molecule has 19 heavy (non-hydrogen) atoms. The quantitative estimate of drug-likeness (QED) is 0.903. The monoisotopic (exact) mass is 281 g/mol. The van der Waals surface area contributed by atoms with E-state index in [0.29, 0.717) is 16.3 Å². The molecule has 4 nitrogen and oxygen atoms in total. The molecule has 2 saturated carbocycles. The molecule has 3 atom stereocenters. The van der Waals surface area contributed by atoms with Gasteiger partial charge in [-0.1, -0.05) is 32.4 Å². The molecule has 1 heterocycles. The van der Waals surface area contributed by atoms with Crippen LogP contribution >= 0.6 is 11.6 Å². The zero-order valence-corrected chi connectivity index (χ0v) is 12.4. The largest absolute Gasteiger partial charge is 0.473 e. The molecule has 2 aliphatic carbocycles. The first-order chi connectivity index (χ1) is 8.84. The summed E-state index contributed by atoms with van der Waals surface area (Å²) < 4.78 is 6.10. The lowest BCUT2D eigenvalue weighted by Gasteiger charge is -2.38. The summed E-state index contributed by atoms with van der Waals surface area (Å²) >= 11 is 6.09. The van der Waals surface area contributed by atoms with Crippen molar-refractivity contribution in [2.24, 2.45) is 16.7 Å². The zero-order valence-electron chi connectivity index (χ0n) is 11.6. The van der Waals surface area contributed by atoms with E-state index in [9.17, 15) is 0 Å². The Balaban J connectivity index is 1.88. The van der Waals surface area contributed by atoms with Crippen molar-refractivity contribution in [2.45, 2.75) is 46.1 Å². The first-order valence-electron chi connectivity index (χ1n) is 6.79. The fourth-order valence-corrected chi connectivity index (χ4v) is 4.03. The van der Waals surface area contributed by atoms with Gasteiger partial charge in [-0.3, -0.25) is 0 Å². The third-order valence-electron chi connectivity index (χ3n) is 5.70. The Labute approximate surface area is 118 Å². The molecule has 0 amide bonds. The Bertz CT molecular complexity index is 519. The number of aromatic nitrogens is 2. The minimum atomic E-state index is 0.160. The summed E-state index contributed by atoms with van der Waals surface area (Å²) in [6.07, 6.45) is 5.23. The van der Waals surface area contributed by atoms with Gasteiger partial charge in [0, 0.05) is 5.41 Å². The Morgan fingerprint density at radius 2 is 2.16 bits per heavy atom. The Morgan fingerprint density at radius 1 is 1.42 bits per heavy atom. The second-order valence-corrected chi connectivity index (χ2v) is 7.01. The molecule has 0 aromatic carbocycles. The van der Waals surface area contributed by atoms with Crippen LogP contribution in [-0.2, 0) is 0 Å². The van der Waals surface area contributed by atoms with E-state index in [4.69, 9.17) is 22.1 Å². The van der Waals surface area contributed by atoms with Gasteiger partial charge in [0.1, 0.15) is 11.1 Å². The average Bonchev–Trinajstić information content (AvgIpc) is 2.67. The first kappa shape index (κ1) is 13.0. The number of nitrogen functional groups attached to an aromatic ring is 1. The van der Waals surface area contributed by atoms with Gasteiger partial charge < -0.3 is 10.5 Å². The van der Waals surface area contributed by atoms with Gasteiger partial charge in [-0.25, -0.2) is 4.98 Å². The molecule has 2 bridgehead atoms. The van der Waals surface area contributed by atoms with Crippen molar-refractivity contribution < 1.29 is 4.74 Å². The first-order valence-corrected chi connectivity index (χ1v) is 7.17. The van der Waals surface area contributed by atoms with Gasteiger partial charge in [0.15, 0.2) is 0 Å². The lowest BCUT2D eigenvalue weighted by atomic mass is 9.70. The molecule has 2 aliphatic rings. The van der Waals surface area contributed by atoms with E-state index in [1.807, 2.05) is 0 Å². The second-order valence-electron chi connectivity index (χ2n) is 6.60. The summed E-state index contributed by atoms with van der Waals surface area (Å²) in [6.45, 7) is 7.02. The summed E-state index contributed by atoms with van der Waals surface area (Å²) in [5.41, 5.74) is 6.09. The van der Waals surface area contributed by atoms with Crippen LogP contribution in [0.25, 0.3) is 0 Å². The molecule has 5 heteroatoms. The summed E-state index contributed by atoms with van der Waals surface area (Å²) in [6, 6.07) is 0. The fraction of sp³-hybridized carbons (Fsp3) is 0.714. The maximum absolute atomic E-state index is 6.10. The maximum Gasteiger partial charge on any atom is 0.237 e. The molecule has 3 unspecified atom stereocenters. The molecular formula is C14H20ClN3O. The van der Waals surface area contributed by atoms with Crippen molar-refractivity contribution in [2.75, 3.05) is 5.73 Å². The van der Waals surface area contributed by atoms with E-state index >= 15 is 0 Å². The maximum atomic E-state index is 6.10. The molecule has 3 rings (SSSR count). The molecular weight excluding hydrogens is 262 g/mol. The number of hydrogen-bond acceptors (Lipinski definition) is 4. The van der Waals surface area contributed by atoms with Crippen LogP contribution in [0.5, 0.6) is 5.88 Å². The molecule has 0 radical (unpaired) electrons. The third-order valence-corrected chi connectivity index (χ3v) is 5.96. The molecule has 1 aromatic rings. The van der Waals surface area contributed by atoms with Crippen molar-refractivity contribution >= 4 is 17.5 Å². The minimum absolute atomic E-state index is 0.160. The van der Waals surface area contributed by atoms with Crippen LogP contribution in [0, 0.1) is 16.7 Å². The molecule has 0 spiro atoms. The Morgan fingerprint density at radius 3 is 2.74 bits per heavy atom. The Kier molecular flexibility index (Phi) is 2.72. The minimum Gasteiger partial charge on any atom is -0.473 e. The van der Waals surface area contributed by atoms with Crippen molar-refractivity contribution in [3.8, 4) is 5.88 Å². The number of hydrogen-bond donors (Lipinski definition) is 1. The van der Waals surface area contributed by atoms with Crippen LogP contribution in [0.15, 0.2) is 6.20 Å². The molecule has 0 saturated heterocycles. The number of nitrogens with zero attached hydrogens (tertiary/aromatic N) is 2. The third kappa shape index (κ3) is 1.72. The normalized spacial score (nSPS) is 35.6. The molecule has 1 aromatic heterocycles. The molecule has 0 aliphatic heterocycles. The summed E-state index contributed by atoms with van der Waals surface area (Å²) in [4.78, 5) is 7.97. The average molecular weight is 282 g/mol. The van der Waals surface area contributed by atoms with E-state index in [1.165, 1.54) is 19.0 Å². The highest BCUT2D eigenvalue weighted by molar-refractivity contribution is 6.31. The lowest BCUT2D eigenvalue weighted by molar-refractivity contribution is 0.0274. The predicted octanol–water partition coefficient (Wildman–Crippen LogP) is 3.31. The number of anilines is 1. The van der Waals surface area contributed by atoms with Gasteiger partial charge in [-0.05, 0) is 30.6 Å². The van der Waals surface area contributed by atoms with E-state index in [1.54, 1.807) is 0 Å². The number of fused-ring (bicyclic) bond motifs is 2. The summed E-state index contributed by atoms with van der Waals surface area (Å²) in [5.74, 6) is 1.34. The van der Waals surface area contributed by atoms with Crippen LogP contribution in [0.4, 0.5) is 5.95 Å². The number of ether oxygens (including phenoxy) is 1. The van der Waals surface area contributed by atoms with Crippen LogP contribution in [-0.4, -0.2) is 16.1 Å². The standard InChI is InChI=1S/C14H20ClN3O/c1-13(2)8-4-5-14(13,3)10(6-8)19-11-9(15)7-17-12(16)18-11/h7-8,10H,4-6H2,1-3H3,(H2,16,17,18). The van der Waals surface area contributed by atoms with Gasteiger partial charge in [-0.15, -0.1) is 0 Å². The van der Waals surface area contributed by atoms with Gasteiger partial charge in [0.2, 0.25) is 11.8 Å². The molecule has 104 valence electrons. The summed E-state index contributed by atoms with van der Waals surface area (Å²) in [7, 11) is 0. The SMILES string of the molecule is CC1(C)C2CCC1(C)C(Oc1nc(N)ncc1Cl)C2. The van der Waals surface area contributed by atoms with E-state index in [-0.39, 0.29) is 17.5 Å². The lowest BCUT2D eigenvalue weighted by Crippen LogP contribution is -2.39. The van der Waals surface area contributed by atoms with Crippen LogP contribution in [0.2, 0.25) is 5.02 Å². The van der Waals surface area contributed by atoms with E-state index < -0.39 is 0 Å². The van der Waals surface area contributed by atoms with Gasteiger partial charge >= 0.3 is 0 Å². The Hall–Kier alpha value is -1.03. The zero-order chi connectivity index (χ0) is 13.8. The molecule has 2 fully saturated rings. The highest BCUT2D eigenvalue weighted by Gasteiger charge is 2.62. The van der Waals surface area contributed by atoms with E-state index in [0.717, 1.165) is 12.3 Å². The summed E-state index contributed by atoms with van der Waals surface area (Å²) in [5, 5.41) is 0.429. The van der Waals surface area contributed by atoms with Gasteiger partial charge in [-0.2, -0.15) is 4.98 Å². The number of nitrogens with two attached hydrogens (primary N) is 1. The van der Waals surface area contributed by atoms with Gasteiger partial charge in [0.25, 0.3) is 0 Å². The van der Waals surface area contributed by atoms with Crippen LogP contribution in [0.3, 0.4) is 0 Å². The van der Waals surface area contributed by atoms with Crippen molar-refractivity contribution in [3.05, 3.63) is 11.2 Å². The number of rotatable bonds is 2. The predicted molar refractivity (Wildman–Crippen MR) is 75.1 cm³/mol. The second kappa shape index (κ2) is 3.98. The number of halogens is 1. The fourth-order valence-electron chi connectivity index (χ4n) is 3.89. The van der Waals surface area contributed by atoms with Crippen molar-refractivity contribution in [1.29, 1.82) is 0 Å². The highest BCUT2D eigenvalue weighted by Crippen LogP contribution is 2.66. The highest BCUT2D eigenvalue weighted by atomic mass is 35.5.